The van der Waals surface area contributed by atoms with Crippen molar-refractivity contribution in [2.24, 2.45) is 17.8 Å². The van der Waals surface area contributed by atoms with Crippen molar-refractivity contribution in [3.05, 3.63) is 12.2 Å². The van der Waals surface area contributed by atoms with Crippen molar-refractivity contribution in [3.63, 3.8) is 0 Å². The lowest BCUT2D eigenvalue weighted by atomic mass is 9.79. The van der Waals surface area contributed by atoms with Gasteiger partial charge in [-0.2, -0.15) is 0 Å². The maximum atomic E-state index is 12.0. The van der Waals surface area contributed by atoms with Gasteiger partial charge in [0.05, 0.1) is 12.3 Å². The highest BCUT2D eigenvalue weighted by Gasteiger charge is 2.69. The molecule has 120 valence electrons. The summed E-state index contributed by atoms with van der Waals surface area (Å²) in [6, 6.07) is 0. The van der Waals surface area contributed by atoms with E-state index in [1.54, 1.807) is 6.92 Å². The first kappa shape index (κ1) is 15.1. The molecular weight excluding hydrogens is 288 g/mol. The molecule has 0 aromatic carbocycles. The predicted molar refractivity (Wildman–Crippen MR) is 74.5 cm³/mol. The second-order valence-corrected chi connectivity index (χ2v) is 6.62. The lowest BCUT2D eigenvalue weighted by molar-refractivity contribution is -0.180. The molecule has 2 saturated carbocycles. The van der Waals surface area contributed by atoms with Crippen molar-refractivity contribution >= 4 is 17.9 Å². The number of hydrogen-bond donors (Lipinski definition) is 0. The van der Waals surface area contributed by atoms with Crippen molar-refractivity contribution in [1.29, 1.82) is 0 Å². The molecule has 6 nitrogen and oxygen atoms in total. The molecule has 5 atom stereocenters. The topological polar surface area (TPSA) is 78.9 Å². The maximum absolute atomic E-state index is 12.0. The van der Waals surface area contributed by atoms with Gasteiger partial charge in [0.25, 0.3) is 0 Å². The third-order valence-corrected chi connectivity index (χ3v) is 5.14. The van der Waals surface area contributed by atoms with Gasteiger partial charge in [0.15, 0.2) is 0 Å². The van der Waals surface area contributed by atoms with E-state index in [0.29, 0.717) is 0 Å². The lowest BCUT2D eigenvalue weighted by Gasteiger charge is -2.36. The summed E-state index contributed by atoms with van der Waals surface area (Å²) in [4.78, 5) is 35.0. The molecule has 5 unspecified atom stereocenters. The van der Waals surface area contributed by atoms with E-state index >= 15 is 0 Å². The summed E-state index contributed by atoms with van der Waals surface area (Å²) >= 11 is 0. The minimum Gasteiger partial charge on any atom is -0.462 e. The second kappa shape index (κ2) is 5.11. The van der Waals surface area contributed by atoms with Gasteiger partial charge >= 0.3 is 17.9 Å². The van der Waals surface area contributed by atoms with Gasteiger partial charge in [-0.3, -0.25) is 9.59 Å². The molecule has 2 aliphatic carbocycles. The van der Waals surface area contributed by atoms with E-state index in [1.807, 2.05) is 6.92 Å². The zero-order valence-corrected chi connectivity index (χ0v) is 12.8. The van der Waals surface area contributed by atoms with E-state index in [9.17, 15) is 14.4 Å². The molecule has 2 bridgehead atoms. The number of hydrogen-bond acceptors (Lipinski definition) is 6. The Bertz CT molecular complexity index is 553. The molecule has 3 fully saturated rings. The van der Waals surface area contributed by atoms with Crippen LogP contribution < -0.4 is 0 Å². The fourth-order valence-corrected chi connectivity index (χ4v) is 4.01. The van der Waals surface area contributed by atoms with Crippen LogP contribution >= 0.6 is 0 Å². The number of rotatable bonds is 5. The van der Waals surface area contributed by atoms with Crippen LogP contribution in [0.15, 0.2) is 12.2 Å². The Morgan fingerprint density at radius 3 is 2.82 bits per heavy atom. The summed E-state index contributed by atoms with van der Waals surface area (Å²) in [5.41, 5.74) is -0.458. The van der Waals surface area contributed by atoms with Crippen LogP contribution in [0.2, 0.25) is 0 Å². The van der Waals surface area contributed by atoms with E-state index < -0.39 is 17.5 Å². The Kier molecular flexibility index (Phi) is 3.50. The fourth-order valence-electron chi connectivity index (χ4n) is 4.01. The van der Waals surface area contributed by atoms with Crippen LogP contribution in [0, 0.1) is 17.8 Å². The number of carbonyl (C=O) groups excluding carboxylic acids is 3. The molecule has 0 amide bonds. The van der Waals surface area contributed by atoms with E-state index in [-0.39, 0.29) is 48.4 Å². The van der Waals surface area contributed by atoms with Gasteiger partial charge < -0.3 is 14.2 Å². The Morgan fingerprint density at radius 2 is 2.14 bits per heavy atom. The zero-order valence-electron chi connectivity index (χ0n) is 12.8. The first-order valence-corrected chi connectivity index (χ1v) is 7.58. The number of fused-ring (bicyclic) bond motifs is 1. The van der Waals surface area contributed by atoms with Crippen LogP contribution in [0.5, 0.6) is 0 Å². The minimum absolute atomic E-state index is 0.0155. The third-order valence-electron chi connectivity index (χ3n) is 5.14. The van der Waals surface area contributed by atoms with E-state index in [2.05, 4.69) is 6.58 Å². The van der Waals surface area contributed by atoms with Crippen LogP contribution in [0.4, 0.5) is 0 Å². The summed E-state index contributed by atoms with van der Waals surface area (Å²) < 4.78 is 15.9. The Balaban J connectivity index is 1.55. The molecule has 1 saturated heterocycles. The van der Waals surface area contributed by atoms with E-state index in [0.717, 1.165) is 12.8 Å². The van der Waals surface area contributed by atoms with Crippen molar-refractivity contribution in [2.75, 3.05) is 6.61 Å². The molecule has 0 radical (unpaired) electrons. The zero-order chi connectivity index (χ0) is 16.1. The predicted octanol–water partition coefficient (Wildman–Crippen LogP) is 1.38. The van der Waals surface area contributed by atoms with Gasteiger partial charge in [-0.05, 0) is 26.7 Å². The third kappa shape index (κ3) is 2.21. The molecule has 6 heteroatoms. The molecule has 0 N–H and O–H groups in total. The number of ether oxygens (including phenoxy) is 3. The molecule has 3 rings (SSSR count). The molecular formula is C16H20O6. The lowest BCUT2D eigenvalue weighted by Crippen LogP contribution is -2.47. The monoisotopic (exact) mass is 308 g/mol. The largest absolute Gasteiger partial charge is 0.462 e. The highest BCUT2D eigenvalue weighted by Crippen LogP contribution is 2.60. The van der Waals surface area contributed by atoms with Gasteiger partial charge in [-0.25, -0.2) is 4.79 Å². The molecule has 1 aliphatic heterocycles. The average Bonchev–Trinajstić information content (AvgIpc) is 3.04. The van der Waals surface area contributed by atoms with Gasteiger partial charge in [-0.1, -0.05) is 6.58 Å². The SMILES string of the molecule is C=C(C)C(=O)OCCC(=O)OC1(C)C2CC3C(=O)OC1C3C2. The van der Waals surface area contributed by atoms with Gasteiger partial charge in [0, 0.05) is 17.4 Å². The quantitative estimate of drug-likeness (QED) is 0.434. The minimum atomic E-state index is -0.747. The normalized spacial score (nSPS) is 37.8. The first-order chi connectivity index (χ1) is 10.3. The van der Waals surface area contributed by atoms with Crippen molar-refractivity contribution in [2.45, 2.75) is 44.8 Å². The van der Waals surface area contributed by atoms with E-state index in [4.69, 9.17) is 14.2 Å². The van der Waals surface area contributed by atoms with Crippen LogP contribution in [0.1, 0.15) is 33.1 Å². The summed E-state index contributed by atoms with van der Waals surface area (Å²) in [7, 11) is 0. The van der Waals surface area contributed by atoms with Gasteiger partial charge in [-0.15, -0.1) is 0 Å². The molecule has 3 aliphatic rings. The highest BCUT2D eigenvalue weighted by molar-refractivity contribution is 5.87. The molecule has 0 aromatic heterocycles. The van der Waals surface area contributed by atoms with Crippen LogP contribution in [-0.2, 0) is 28.6 Å². The number of carbonyl (C=O) groups is 3. The summed E-state index contributed by atoms with van der Waals surface area (Å²) in [5.74, 6) is -0.793. The van der Waals surface area contributed by atoms with Gasteiger partial charge in [0.2, 0.25) is 0 Å². The Morgan fingerprint density at radius 1 is 1.41 bits per heavy atom. The van der Waals surface area contributed by atoms with Crippen molar-refractivity contribution in [3.8, 4) is 0 Å². The number of esters is 3. The van der Waals surface area contributed by atoms with E-state index in [1.165, 1.54) is 0 Å². The summed E-state index contributed by atoms with van der Waals surface area (Å²) in [6.07, 6.45) is 1.26. The average molecular weight is 308 g/mol. The first-order valence-electron chi connectivity index (χ1n) is 7.58. The molecule has 0 spiro atoms. The molecule has 0 aromatic rings. The fraction of sp³-hybridized carbons (Fsp3) is 0.688. The van der Waals surface area contributed by atoms with Crippen molar-refractivity contribution in [1.82, 2.24) is 0 Å². The summed E-state index contributed by atoms with van der Waals surface area (Å²) in [5, 5.41) is 0. The van der Waals surface area contributed by atoms with Gasteiger partial charge in [0.1, 0.15) is 18.3 Å². The maximum Gasteiger partial charge on any atom is 0.333 e. The van der Waals surface area contributed by atoms with Crippen molar-refractivity contribution < 1.29 is 28.6 Å². The standard InChI is InChI=1S/C16H20O6/c1-8(2)14(18)20-5-4-12(17)22-16(3)9-6-10-11(7-9)15(19)21-13(10)16/h9-11,13H,1,4-7H2,2-3H3. The van der Waals surface area contributed by atoms with Crippen LogP contribution in [0.25, 0.3) is 0 Å². The van der Waals surface area contributed by atoms with Crippen LogP contribution in [0.3, 0.4) is 0 Å². The molecule has 22 heavy (non-hydrogen) atoms. The molecule has 1 heterocycles. The summed E-state index contributed by atoms with van der Waals surface area (Å²) in [6.45, 7) is 6.81. The smallest absolute Gasteiger partial charge is 0.333 e. The second-order valence-electron chi connectivity index (χ2n) is 6.62. The van der Waals surface area contributed by atoms with Crippen LogP contribution in [-0.4, -0.2) is 36.2 Å². The highest BCUT2D eigenvalue weighted by atomic mass is 16.6. The Labute approximate surface area is 128 Å². The Hall–Kier alpha value is -1.85.